The van der Waals surface area contributed by atoms with E-state index in [2.05, 4.69) is 4.98 Å². The van der Waals surface area contributed by atoms with Crippen LogP contribution in [0.5, 0.6) is 0 Å². The summed E-state index contributed by atoms with van der Waals surface area (Å²) in [6, 6.07) is 5.74. The number of pyridine rings is 1. The van der Waals surface area contributed by atoms with Crippen LogP contribution < -0.4 is 10.6 Å². The number of nitriles is 1. The van der Waals surface area contributed by atoms with Crippen molar-refractivity contribution in [2.45, 2.75) is 6.92 Å². The Morgan fingerprint density at radius 3 is 2.86 bits per heavy atom. The van der Waals surface area contributed by atoms with Crippen LogP contribution in [0.2, 0.25) is 0 Å². The van der Waals surface area contributed by atoms with E-state index in [0.29, 0.717) is 12.2 Å². The molecule has 0 atom stereocenters. The molecule has 0 spiro atoms. The zero-order valence-corrected chi connectivity index (χ0v) is 8.49. The van der Waals surface area contributed by atoms with Gasteiger partial charge in [-0.3, -0.25) is 0 Å². The first kappa shape index (κ1) is 10.5. The monoisotopic (exact) mass is 190 g/mol. The van der Waals surface area contributed by atoms with Crippen molar-refractivity contribution in [2.75, 3.05) is 25.0 Å². The molecule has 4 nitrogen and oxygen atoms in total. The molecule has 0 fully saturated rings. The summed E-state index contributed by atoms with van der Waals surface area (Å²) in [5.41, 5.74) is 7.74. The van der Waals surface area contributed by atoms with Gasteiger partial charge in [-0.05, 0) is 19.1 Å². The van der Waals surface area contributed by atoms with E-state index in [9.17, 15) is 0 Å². The van der Waals surface area contributed by atoms with Crippen molar-refractivity contribution in [2.24, 2.45) is 5.73 Å². The predicted molar refractivity (Wildman–Crippen MR) is 56.0 cm³/mol. The molecule has 0 aliphatic heterocycles. The SMILES string of the molecule is Cc1cc(N(C)CCN)cc(C#N)n1. The molecule has 0 aromatic carbocycles. The smallest absolute Gasteiger partial charge is 0.142 e. The molecule has 1 rings (SSSR count). The Morgan fingerprint density at radius 1 is 1.57 bits per heavy atom. The van der Waals surface area contributed by atoms with E-state index in [0.717, 1.165) is 17.9 Å². The molecular formula is C10H14N4. The van der Waals surface area contributed by atoms with Crippen LogP contribution in [0.4, 0.5) is 5.69 Å². The first-order chi connectivity index (χ1) is 6.67. The van der Waals surface area contributed by atoms with E-state index in [4.69, 9.17) is 11.0 Å². The second-order valence-electron chi connectivity index (χ2n) is 3.17. The fourth-order valence-electron chi connectivity index (χ4n) is 1.25. The van der Waals surface area contributed by atoms with Gasteiger partial charge < -0.3 is 10.6 Å². The average Bonchev–Trinajstić information content (AvgIpc) is 2.17. The Balaban J connectivity index is 2.98. The summed E-state index contributed by atoms with van der Waals surface area (Å²) in [6.07, 6.45) is 0. The van der Waals surface area contributed by atoms with Crippen molar-refractivity contribution in [3.63, 3.8) is 0 Å². The molecule has 1 aromatic heterocycles. The molecule has 0 bridgehead atoms. The molecule has 2 N–H and O–H groups in total. The maximum Gasteiger partial charge on any atom is 0.142 e. The minimum atomic E-state index is 0.448. The molecule has 0 aliphatic rings. The third-order valence-electron chi connectivity index (χ3n) is 1.96. The van der Waals surface area contributed by atoms with Gasteiger partial charge >= 0.3 is 0 Å². The van der Waals surface area contributed by atoms with Gasteiger partial charge in [0, 0.05) is 31.5 Å². The fraction of sp³-hybridized carbons (Fsp3) is 0.400. The number of rotatable bonds is 3. The van der Waals surface area contributed by atoms with Gasteiger partial charge in [-0.1, -0.05) is 0 Å². The Morgan fingerprint density at radius 2 is 2.29 bits per heavy atom. The average molecular weight is 190 g/mol. The molecule has 0 unspecified atom stereocenters. The Bertz CT molecular complexity index is 354. The number of anilines is 1. The van der Waals surface area contributed by atoms with Crippen LogP contribution >= 0.6 is 0 Å². The van der Waals surface area contributed by atoms with E-state index in [-0.39, 0.29) is 0 Å². The molecule has 0 saturated heterocycles. The molecule has 74 valence electrons. The molecule has 0 amide bonds. The third-order valence-corrected chi connectivity index (χ3v) is 1.96. The lowest BCUT2D eigenvalue weighted by Gasteiger charge is -2.18. The van der Waals surface area contributed by atoms with Crippen LogP contribution in [0.3, 0.4) is 0 Å². The number of aromatic nitrogens is 1. The third kappa shape index (κ3) is 2.44. The van der Waals surface area contributed by atoms with Gasteiger partial charge in [0.1, 0.15) is 11.8 Å². The number of hydrogen-bond acceptors (Lipinski definition) is 4. The predicted octanol–water partition coefficient (Wildman–Crippen LogP) is 0.657. The highest BCUT2D eigenvalue weighted by molar-refractivity contribution is 5.49. The van der Waals surface area contributed by atoms with Gasteiger partial charge in [-0.25, -0.2) is 4.98 Å². The molecule has 4 heteroatoms. The first-order valence-electron chi connectivity index (χ1n) is 4.47. The zero-order chi connectivity index (χ0) is 10.6. The van der Waals surface area contributed by atoms with Crippen molar-refractivity contribution in [1.29, 1.82) is 5.26 Å². The van der Waals surface area contributed by atoms with Crippen molar-refractivity contribution < 1.29 is 0 Å². The van der Waals surface area contributed by atoms with Crippen molar-refractivity contribution in [1.82, 2.24) is 4.98 Å². The second-order valence-corrected chi connectivity index (χ2v) is 3.17. The normalized spacial score (nSPS) is 9.57. The highest BCUT2D eigenvalue weighted by Crippen LogP contribution is 2.14. The zero-order valence-electron chi connectivity index (χ0n) is 8.49. The number of likely N-dealkylation sites (N-methyl/N-ethyl adjacent to an activating group) is 1. The van der Waals surface area contributed by atoms with E-state index in [1.807, 2.05) is 31.0 Å². The van der Waals surface area contributed by atoms with Gasteiger partial charge in [0.2, 0.25) is 0 Å². The van der Waals surface area contributed by atoms with Crippen LogP contribution in [0, 0.1) is 18.3 Å². The summed E-state index contributed by atoms with van der Waals surface area (Å²) < 4.78 is 0. The van der Waals surface area contributed by atoms with Crippen LogP contribution in [0.25, 0.3) is 0 Å². The molecule has 0 saturated carbocycles. The Hall–Kier alpha value is -1.60. The van der Waals surface area contributed by atoms with Crippen LogP contribution in [-0.4, -0.2) is 25.1 Å². The van der Waals surface area contributed by atoms with Gasteiger partial charge in [-0.15, -0.1) is 0 Å². The molecule has 0 aliphatic carbocycles. The molecule has 14 heavy (non-hydrogen) atoms. The van der Waals surface area contributed by atoms with Crippen LogP contribution in [-0.2, 0) is 0 Å². The Labute approximate surface area is 84.0 Å². The summed E-state index contributed by atoms with van der Waals surface area (Å²) in [5, 5.41) is 8.74. The topological polar surface area (TPSA) is 65.9 Å². The molecular weight excluding hydrogens is 176 g/mol. The Kier molecular flexibility index (Phi) is 3.43. The van der Waals surface area contributed by atoms with E-state index >= 15 is 0 Å². The summed E-state index contributed by atoms with van der Waals surface area (Å²) in [4.78, 5) is 6.09. The van der Waals surface area contributed by atoms with Crippen molar-refractivity contribution >= 4 is 5.69 Å². The summed E-state index contributed by atoms with van der Waals surface area (Å²) in [6.45, 7) is 3.24. The second kappa shape index (κ2) is 4.58. The van der Waals surface area contributed by atoms with Crippen LogP contribution in [0.1, 0.15) is 11.4 Å². The lowest BCUT2D eigenvalue weighted by Crippen LogP contribution is -2.25. The lowest BCUT2D eigenvalue weighted by atomic mass is 10.2. The number of aryl methyl sites for hydroxylation is 1. The maximum atomic E-state index is 8.74. The van der Waals surface area contributed by atoms with Crippen molar-refractivity contribution in [3.05, 3.63) is 23.5 Å². The highest BCUT2D eigenvalue weighted by Gasteiger charge is 2.03. The van der Waals surface area contributed by atoms with Crippen LogP contribution in [0.15, 0.2) is 12.1 Å². The van der Waals surface area contributed by atoms with E-state index in [1.54, 1.807) is 6.07 Å². The highest BCUT2D eigenvalue weighted by atomic mass is 15.1. The van der Waals surface area contributed by atoms with Gasteiger partial charge in [0.05, 0.1) is 0 Å². The first-order valence-corrected chi connectivity index (χ1v) is 4.47. The van der Waals surface area contributed by atoms with Gasteiger partial charge in [-0.2, -0.15) is 5.26 Å². The summed E-state index contributed by atoms with van der Waals surface area (Å²) in [7, 11) is 1.95. The number of hydrogen-bond donors (Lipinski definition) is 1. The standard InChI is InChI=1S/C10H14N4/c1-8-5-10(14(2)4-3-11)6-9(7-12)13-8/h5-6H,3-4,11H2,1-2H3. The molecule has 0 radical (unpaired) electrons. The minimum absolute atomic E-state index is 0.448. The lowest BCUT2D eigenvalue weighted by molar-refractivity contribution is 0.882. The fourth-order valence-corrected chi connectivity index (χ4v) is 1.25. The summed E-state index contributed by atoms with van der Waals surface area (Å²) >= 11 is 0. The van der Waals surface area contributed by atoms with Crippen molar-refractivity contribution in [3.8, 4) is 6.07 Å². The maximum absolute atomic E-state index is 8.74. The molecule has 1 heterocycles. The number of nitrogens with two attached hydrogens (primary N) is 1. The largest absolute Gasteiger partial charge is 0.373 e. The number of nitrogens with zero attached hydrogens (tertiary/aromatic N) is 3. The summed E-state index contributed by atoms with van der Waals surface area (Å²) in [5.74, 6) is 0. The van der Waals surface area contributed by atoms with Gasteiger partial charge in [0.15, 0.2) is 0 Å². The quantitative estimate of drug-likeness (QED) is 0.760. The minimum Gasteiger partial charge on any atom is -0.373 e. The van der Waals surface area contributed by atoms with E-state index < -0.39 is 0 Å². The van der Waals surface area contributed by atoms with E-state index in [1.165, 1.54) is 0 Å². The molecule has 1 aromatic rings. The van der Waals surface area contributed by atoms with Gasteiger partial charge in [0.25, 0.3) is 0 Å².